The van der Waals surface area contributed by atoms with E-state index in [-0.39, 0.29) is 11.8 Å². The minimum Gasteiger partial charge on any atom is -0.321 e. The number of hydrogen-bond acceptors (Lipinski definition) is 5. The van der Waals surface area contributed by atoms with E-state index in [4.69, 9.17) is 11.6 Å². The van der Waals surface area contributed by atoms with Gasteiger partial charge in [-0.1, -0.05) is 48.0 Å². The maximum Gasteiger partial charge on any atom is 0.283 e. The van der Waals surface area contributed by atoms with Crippen molar-refractivity contribution in [3.8, 4) is 0 Å². The molecule has 2 aromatic heterocycles. The molecule has 30 heavy (non-hydrogen) atoms. The molecule has 0 fully saturated rings. The van der Waals surface area contributed by atoms with Crippen molar-refractivity contribution in [2.45, 2.75) is 6.92 Å². The Morgan fingerprint density at radius 3 is 2.43 bits per heavy atom. The lowest BCUT2D eigenvalue weighted by atomic mass is 10.1. The highest BCUT2D eigenvalue weighted by Gasteiger charge is 2.16. The summed E-state index contributed by atoms with van der Waals surface area (Å²) in [5, 5.41) is 10.2. The summed E-state index contributed by atoms with van der Waals surface area (Å²) in [6.45, 7) is 1.80. The molecule has 0 atom stereocenters. The molecule has 0 aliphatic rings. The van der Waals surface area contributed by atoms with Crippen LogP contribution >= 0.6 is 34.3 Å². The van der Waals surface area contributed by atoms with E-state index >= 15 is 0 Å². The van der Waals surface area contributed by atoms with Gasteiger partial charge in [0.05, 0.1) is 15.6 Å². The molecular weight excluding hydrogens is 438 g/mol. The number of nitrogens with one attached hydrogen (secondary N) is 2. The third-order valence-electron chi connectivity index (χ3n) is 4.37. The molecule has 0 bridgehead atoms. The van der Waals surface area contributed by atoms with Crippen molar-refractivity contribution in [2.24, 2.45) is 5.10 Å². The Morgan fingerprint density at radius 1 is 0.967 bits per heavy atom. The average Bonchev–Trinajstić information content (AvgIpc) is 3.41. The highest BCUT2D eigenvalue weighted by Crippen LogP contribution is 2.34. The minimum absolute atomic E-state index is 0.143. The van der Waals surface area contributed by atoms with Crippen molar-refractivity contribution in [1.82, 2.24) is 5.43 Å². The summed E-state index contributed by atoms with van der Waals surface area (Å²) in [7, 11) is 0. The van der Waals surface area contributed by atoms with Crippen LogP contribution in [0.1, 0.15) is 31.8 Å². The van der Waals surface area contributed by atoms with Crippen molar-refractivity contribution in [3.05, 3.63) is 86.4 Å². The number of hydrogen-bond donors (Lipinski definition) is 2. The number of anilines is 1. The molecule has 2 heterocycles. The Labute approximate surface area is 186 Å². The molecule has 0 unspecified atom stereocenters. The zero-order valence-electron chi connectivity index (χ0n) is 15.8. The molecule has 2 aromatic carbocycles. The number of nitrogens with zero attached hydrogens (tertiary/aromatic N) is 1. The van der Waals surface area contributed by atoms with Crippen molar-refractivity contribution in [1.29, 1.82) is 0 Å². The second kappa shape index (κ2) is 8.79. The van der Waals surface area contributed by atoms with Gasteiger partial charge in [0.2, 0.25) is 0 Å². The Kier molecular flexibility index (Phi) is 5.94. The van der Waals surface area contributed by atoms with Gasteiger partial charge in [0.25, 0.3) is 11.8 Å². The van der Waals surface area contributed by atoms with Crippen LogP contribution < -0.4 is 10.7 Å². The van der Waals surface area contributed by atoms with Gasteiger partial charge < -0.3 is 5.32 Å². The molecule has 2 amide bonds. The maximum atomic E-state index is 12.5. The SMILES string of the molecule is CC(=NNC(=O)c1sc2ccccc2c1Cl)c1ccc(NC(=O)c2cccs2)cc1. The molecule has 0 radical (unpaired) electrons. The van der Waals surface area contributed by atoms with Gasteiger partial charge in [-0.3, -0.25) is 9.59 Å². The summed E-state index contributed by atoms with van der Waals surface area (Å²) in [6, 6.07) is 18.5. The highest BCUT2D eigenvalue weighted by molar-refractivity contribution is 7.21. The fourth-order valence-corrected chi connectivity index (χ4v) is 4.83. The van der Waals surface area contributed by atoms with Crippen LogP contribution in [0.3, 0.4) is 0 Å². The Morgan fingerprint density at radius 2 is 1.73 bits per heavy atom. The first-order chi connectivity index (χ1) is 14.5. The van der Waals surface area contributed by atoms with Gasteiger partial charge in [-0.05, 0) is 42.1 Å². The summed E-state index contributed by atoms with van der Waals surface area (Å²) in [5.74, 6) is -0.490. The van der Waals surface area contributed by atoms with Gasteiger partial charge in [0.1, 0.15) is 4.88 Å². The predicted octanol–water partition coefficient (Wildman–Crippen LogP) is 6.02. The average molecular weight is 454 g/mol. The molecule has 8 heteroatoms. The molecule has 5 nitrogen and oxygen atoms in total. The molecule has 0 aliphatic carbocycles. The third kappa shape index (κ3) is 4.28. The Hall–Kier alpha value is -3.00. The van der Waals surface area contributed by atoms with Crippen LogP contribution in [0, 0.1) is 0 Å². The molecule has 0 saturated carbocycles. The number of amides is 2. The first-order valence-electron chi connectivity index (χ1n) is 9.00. The quantitative estimate of drug-likeness (QED) is 0.286. The van der Waals surface area contributed by atoms with Gasteiger partial charge >= 0.3 is 0 Å². The number of carbonyl (C=O) groups excluding carboxylic acids is 2. The fourth-order valence-electron chi connectivity index (χ4n) is 2.81. The monoisotopic (exact) mass is 453 g/mol. The summed E-state index contributed by atoms with van der Waals surface area (Å²) in [4.78, 5) is 25.7. The third-order valence-corrected chi connectivity index (χ3v) is 6.91. The number of carbonyl (C=O) groups is 2. The van der Waals surface area contributed by atoms with E-state index < -0.39 is 0 Å². The van der Waals surface area contributed by atoms with Crippen molar-refractivity contribution < 1.29 is 9.59 Å². The van der Waals surface area contributed by atoms with Crippen molar-refractivity contribution >= 4 is 67.6 Å². The van der Waals surface area contributed by atoms with Gasteiger partial charge in [0.15, 0.2) is 0 Å². The van der Waals surface area contributed by atoms with Crippen molar-refractivity contribution in [2.75, 3.05) is 5.32 Å². The van der Waals surface area contributed by atoms with E-state index in [2.05, 4.69) is 15.8 Å². The first kappa shape index (κ1) is 20.3. The van der Waals surface area contributed by atoms with E-state index in [9.17, 15) is 9.59 Å². The molecule has 150 valence electrons. The molecule has 4 rings (SSSR count). The minimum atomic E-state index is -0.347. The smallest absolute Gasteiger partial charge is 0.283 e. The van der Waals surface area contributed by atoms with Crippen LogP contribution in [-0.4, -0.2) is 17.5 Å². The predicted molar refractivity (Wildman–Crippen MR) is 125 cm³/mol. The van der Waals surface area contributed by atoms with Crippen LogP contribution in [0.25, 0.3) is 10.1 Å². The summed E-state index contributed by atoms with van der Waals surface area (Å²) < 4.78 is 0.952. The van der Waals surface area contributed by atoms with Crippen LogP contribution in [0.15, 0.2) is 71.1 Å². The second-order valence-corrected chi connectivity index (χ2v) is 8.77. The fraction of sp³-hybridized carbons (Fsp3) is 0.0455. The molecular formula is C22H16ClN3O2S2. The zero-order valence-corrected chi connectivity index (χ0v) is 18.2. The van der Waals surface area contributed by atoms with Crippen LogP contribution in [0.5, 0.6) is 0 Å². The normalized spacial score (nSPS) is 11.5. The lowest BCUT2D eigenvalue weighted by Gasteiger charge is -2.06. The van der Waals surface area contributed by atoms with Crippen LogP contribution in [0.2, 0.25) is 5.02 Å². The topological polar surface area (TPSA) is 70.6 Å². The number of fused-ring (bicyclic) bond motifs is 1. The largest absolute Gasteiger partial charge is 0.321 e. The van der Waals surface area contributed by atoms with E-state index in [0.29, 0.717) is 26.2 Å². The first-order valence-corrected chi connectivity index (χ1v) is 11.1. The van der Waals surface area contributed by atoms with E-state index in [1.54, 1.807) is 25.1 Å². The van der Waals surface area contributed by atoms with Crippen LogP contribution in [-0.2, 0) is 0 Å². The van der Waals surface area contributed by atoms with Gasteiger partial charge in [-0.15, -0.1) is 22.7 Å². The molecule has 2 N–H and O–H groups in total. The van der Waals surface area contributed by atoms with Crippen molar-refractivity contribution in [3.63, 3.8) is 0 Å². The standard InChI is InChI=1S/C22H16ClN3O2S2/c1-13(14-8-10-15(11-9-14)24-21(27)18-7-4-12-29-18)25-26-22(28)20-19(23)16-5-2-3-6-17(16)30-20/h2-12H,1H3,(H,24,27)(H,26,28). The van der Waals surface area contributed by atoms with E-state index in [1.165, 1.54) is 22.7 Å². The second-order valence-electron chi connectivity index (χ2n) is 6.39. The summed E-state index contributed by atoms with van der Waals surface area (Å²) in [6.07, 6.45) is 0. The number of benzene rings is 2. The lowest BCUT2D eigenvalue weighted by Crippen LogP contribution is -2.18. The molecule has 0 aliphatic heterocycles. The lowest BCUT2D eigenvalue weighted by molar-refractivity contribution is 0.0958. The molecule has 0 spiro atoms. The maximum absolute atomic E-state index is 12.5. The zero-order chi connectivity index (χ0) is 21.1. The Balaban J connectivity index is 1.43. The summed E-state index contributed by atoms with van der Waals surface area (Å²) >= 11 is 9.07. The van der Waals surface area contributed by atoms with E-state index in [0.717, 1.165) is 15.6 Å². The van der Waals surface area contributed by atoms with Gasteiger partial charge in [-0.25, -0.2) is 5.43 Å². The number of rotatable bonds is 5. The van der Waals surface area contributed by atoms with E-state index in [1.807, 2.05) is 47.8 Å². The number of hydrazone groups is 1. The Bertz CT molecular complexity index is 1250. The molecule has 0 saturated heterocycles. The molecule has 4 aromatic rings. The van der Waals surface area contributed by atoms with Crippen LogP contribution in [0.4, 0.5) is 5.69 Å². The number of thiophene rings is 2. The highest BCUT2D eigenvalue weighted by atomic mass is 35.5. The van der Waals surface area contributed by atoms with Gasteiger partial charge in [0, 0.05) is 15.8 Å². The summed E-state index contributed by atoms with van der Waals surface area (Å²) in [5.41, 5.74) is 4.72. The van der Waals surface area contributed by atoms with Gasteiger partial charge in [-0.2, -0.15) is 5.10 Å². The number of halogens is 1.